The van der Waals surface area contributed by atoms with Crippen molar-refractivity contribution in [1.82, 2.24) is 0 Å². The van der Waals surface area contributed by atoms with Gasteiger partial charge in [-0.2, -0.15) is 0 Å². The lowest BCUT2D eigenvalue weighted by molar-refractivity contribution is 0.102. The second kappa shape index (κ2) is 6.11. The molecule has 2 rings (SSSR count). The van der Waals surface area contributed by atoms with Crippen LogP contribution in [0.25, 0.3) is 0 Å². The van der Waals surface area contributed by atoms with E-state index in [2.05, 4.69) is 37.2 Å². The molecule has 2 aromatic carbocycles. The summed E-state index contributed by atoms with van der Waals surface area (Å²) in [6.45, 7) is 0. The molecule has 3 nitrogen and oxygen atoms in total. The molecule has 0 bridgehead atoms. The Labute approximate surface area is 136 Å². The third-order valence-electron chi connectivity index (χ3n) is 2.51. The van der Waals surface area contributed by atoms with Crippen LogP contribution in [0.3, 0.4) is 0 Å². The highest BCUT2D eigenvalue weighted by Gasteiger charge is 2.14. The lowest BCUT2D eigenvalue weighted by atomic mass is 10.1. The van der Waals surface area contributed by atoms with Crippen molar-refractivity contribution in [2.24, 2.45) is 0 Å². The zero-order valence-corrected chi connectivity index (χ0v) is 13.8. The van der Waals surface area contributed by atoms with Gasteiger partial charge in [0.15, 0.2) is 0 Å². The Balaban J connectivity index is 2.33. The predicted molar refractivity (Wildman–Crippen MR) is 85.6 cm³/mol. The van der Waals surface area contributed by atoms with Crippen LogP contribution in [0.1, 0.15) is 10.4 Å². The largest absolute Gasteiger partial charge is 0.396 e. The molecule has 20 heavy (non-hydrogen) atoms. The molecular weight excluding hydrogens is 414 g/mol. The second-order valence-electron chi connectivity index (χ2n) is 3.93. The van der Waals surface area contributed by atoms with Crippen molar-refractivity contribution in [1.29, 1.82) is 0 Å². The summed E-state index contributed by atoms with van der Waals surface area (Å²) < 4.78 is 14.3. The molecule has 2 aromatic rings. The van der Waals surface area contributed by atoms with Gasteiger partial charge in [-0.3, -0.25) is 4.79 Å². The average Bonchev–Trinajstić information content (AvgIpc) is 2.38. The van der Waals surface area contributed by atoms with Gasteiger partial charge in [0.2, 0.25) is 0 Å². The molecule has 0 unspecified atom stereocenters. The van der Waals surface area contributed by atoms with Crippen molar-refractivity contribution in [3.8, 4) is 0 Å². The molecule has 1 amide bonds. The minimum Gasteiger partial charge on any atom is -0.396 e. The third kappa shape index (κ3) is 3.31. The van der Waals surface area contributed by atoms with Crippen molar-refractivity contribution in [2.45, 2.75) is 0 Å². The molecular formula is C13H8Br2ClFN2O. The molecule has 0 aliphatic heterocycles. The third-order valence-corrected chi connectivity index (χ3v) is 4.09. The molecule has 0 fully saturated rings. The van der Waals surface area contributed by atoms with E-state index in [0.717, 1.165) is 6.07 Å². The summed E-state index contributed by atoms with van der Waals surface area (Å²) in [6, 6.07) is 7.42. The Hall–Kier alpha value is -1.11. The van der Waals surface area contributed by atoms with E-state index in [1.807, 2.05) is 0 Å². The number of carbonyl (C=O) groups is 1. The number of amides is 1. The van der Waals surface area contributed by atoms with Crippen molar-refractivity contribution >= 4 is 60.7 Å². The Morgan fingerprint density at radius 2 is 1.90 bits per heavy atom. The van der Waals surface area contributed by atoms with Gasteiger partial charge < -0.3 is 11.1 Å². The molecule has 0 aromatic heterocycles. The van der Waals surface area contributed by atoms with Crippen LogP contribution in [-0.4, -0.2) is 5.91 Å². The number of rotatable bonds is 2. The number of hydrogen-bond donors (Lipinski definition) is 2. The second-order valence-corrected chi connectivity index (χ2v) is 6.08. The van der Waals surface area contributed by atoms with E-state index in [9.17, 15) is 9.18 Å². The molecule has 7 heteroatoms. The maximum absolute atomic E-state index is 13.3. The average molecular weight is 422 g/mol. The Morgan fingerprint density at radius 3 is 2.60 bits per heavy atom. The first-order valence-corrected chi connectivity index (χ1v) is 7.36. The SMILES string of the molecule is Nc1cc(C(=O)Nc2cc(Cl)ccc2Br)c(Br)cc1F. The molecule has 0 radical (unpaired) electrons. The van der Waals surface area contributed by atoms with Crippen LogP contribution in [0.4, 0.5) is 15.8 Å². The molecule has 0 aliphatic carbocycles. The zero-order chi connectivity index (χ0) is 14.9. The standard InChI is InChI=1S/C13H8Br2ClFN2O/c14-8-2-1-6(16)3-12(8)19-13(20)7-4-11(18)10(17)5-9(7)15/h1-5H,18H2,(H,19,20). The van der Waals surface area contributed by atoms with Gasteiger partial charge in [-0.15, -0.1) is 0 Å². The molecule has 0 saturated carbocycles. The molecule has 0 heterocycles. The molecule has 0 saturated heterocycles. The maximum atomic E-state index is 13.3. The lowest BCUT2D eigenvalue weighted by Crippen LogP contribution is -2.14. The van der Waals surface area contributed by atoms with E-state index >= 15 is 0 Å². The van der Waals surface area contributed by atoms with Gasteiger partial charge in [0, 0.05) is 14.0 Å². The summed E-state index contributed by atoms with van der Waals surface area (Å²) in [4.78, 5) is 12.2. The highest BCUT2D eigenvalue weighted by molar-refractivity contribution is 9.11. The van der Waals surface area contributed by atoms with Gasteiger partial charge in [-0.25, -0.2) is 4.39 Å². The lowest BCUT2D eigenvalue weighted by Gasteiger charge is -2.10. The van der Waals surface area contributed by atoms with Crippen molar-refractivity contribution in [3.05, 3.63) is 55.7 Å². The van der Waals surface area contributed by atoms with Gasteiger partial charge in [-0.1, -0.05) is 11.6 Å². The number of halogens is 4. The number of hydrogen-bond acceptors (Lipinski definition) is 2. The number of nitrogens with one attached hydrogen (secondary N) is 1. The molecule has 0 atom stereocenters. The van der Waals surface area contributed by atoms with Crippen LogP contribution >= 0.6 is 43.5 Å². The molecule has 0 aliphatic rings. The quantitative estimate of drug-likeness (QED) is 0.681. The fourth-order valence-electron chi connectivity index (χ4n) is 1.52. The monoisotopic (exact) mass is 420 g/mol. The first-order valence-electron chi connectivity index (χ1n) is 5.39. The van der Waals surface area contributed by atoms with Gasteiger partial charge >= 0.3 is 0 Å². The molecule has 3 N–H and O–H groups in total. The molecule has 104 valence electrons. The van der Waals surface area contributed by atoms with Gasteiger partial charge in [-0.05, 0) is 62.2 Å². The Bertz CT molecular complexity index is 694. The fourth-order valence-corrected chi connectivity index (χ4v) is 2.54. The number of carbonyl (C=O) groups excluding carboxylic acids is 1. The minimum atomic E-state index is -0.586. The topological polar surface area (TPSA) is 55.1 Å². The van der Waals surface area contributed by atoms with Crippen molar-refractivity contribution < 1.29 is 9.18 Å². The van der Waals surface area contributed by atoms with Crippen LogP contribution in [0.5, 0.6) is 0 Å². The number of benzene rings is 2. The molecule has 0 spiro atoms. The van der Waals surface area contributed by atoms with Crippen molar-refractivity contribution in [3.63, 3.8) is 0 Å². The first kappa shape index (κ1) is 15.3. The number of nitrogen functional groups attached to an aromatic ring is 1. The highest BCUT2D eigenvalue weighted by atomic mass is 79.9. The summed E-state index contributed by atoms with van der Waals surface area (Å²) in [6.07, 6.45) is 0. The van der Waals surface area contributed by atoms with E-state index in [1.165, 1.54) is 6.07 Å². The number of anilines is 2. The maximum Gasteiger partial charge on any atom is 0.256 e. The van der Waals surface area contributed by atoms with E-state index < -0.39 is 11.7 Å². The first-order chi connectivity index (χ1) is 9.38. The Kier molecular flexibility index (Phi) is 4.67. The predicted octanol–water partition coefficient (Wildman–Crippen LogP) is 4.84. The Morgan fingerprint density at radius 1 is 1.20 bits per heavy atom. The normalized spacial score (nSPS) is 10.4. The summed E-state index contributed by atoms with van der Waals surface area (Å²) >= 11 is 12.3. The van der Waals surface area contributed by atoms with Crippen LogP contribution in [-0.2, 0) is 0 Å². The fraction of sp³-hybridized carbons (Fsp3) is 0. The van der Waals surface area contributed by atoms with E-state index in [-0.39, 0.29) is 11.3 Å². The minimum absolute atomic E-state index is 0.0940. The van der Waals surface area contributed by atoms with Crippen molar-refractivity contribution in [2.75, 3.05) is 11.1 Å². The van der Waals surface area contributed by atoms with Crippen LogP contribution in [0.2, 0.25) is 5.02 Å². The zero-order valence-electron chi connectivity index (χ0n) is 9.88. The van der Waals surface area contributed by atoms with Crippen LogP contribution < -0.4 is 11.1 Å². The van der Waals surface area contributed by atoms with Gasteiger partial charge in [0.1, 0.15) is 5.82 Å². The highest BCUT2D eigenvalue weighted by Crippen LogP contribution is 2.28. The van der Waals surface area contributed by atoms with E-state index in [4.69, 9.17) is 17.3 Å². The van der Waals surface area contributed by atoms with E-state index in [1.54, 1.807) is 18.2 Å². The summed E-state index contributed by atoms with van der Waals surface area (Å²) in [5.74, 6) is -1.01. The summed E-state index contributed by atoms with van der Waals surface area (Å²) in [7, 11) is 0. The van der Waals surface area contributed by atoms with Crippen LogP contribution in [0.15, 0.2) is 39.3 Å². The summed E-state index contributed by atoms with van der Waals surface area (Å²) in [5, 5.41) is 3.16. The van der Waals surface area contributed by atoms with Gasteiger partial charge in [0.25, 0.3) is 5.91 Å². The van der Waals surface area contributed by atoms with E-state index in [0.29, 0.717) is 19.7 Å². The summed E-state index contributed by atoms with van der Waals surface area (Å²) in [5.41, 5.74) is 6.12. The van der Waals surface area contributed by atoms with Gasteiger partial charge in [0.05, 0.1) is 16.9 Å². The number of nitrogens with two attached hydrogens (primary N) is 1. The smallest absolute Gasteiger partial charge is 0.256 e. The van der Waals surface area contributed by atoms with Crippen LogP contribution in [0, 0.1) is 5.82 Å².